The molecule has 3 nitrogen and oxygen atoms in total. The van der Waals surface area contributed by atoms with Gasteiger partial charge >= 0.3 is 0 Å². The average Bonchev–Trinajstić information content (AvgIpc) is 2.75. The molecule has 17 heavy (non-hydrogen) atoms. The summed E-state index contributed by atoms with van der Waals surface area (Å²) in [6.45, 7) is 2.72. The molecule has 0 radical (unpaired) electrons. The fourth-order valence-corrected chi connectivity index (χ4v) is 2.31. The summed E-state index contributed by atoms with van der Waals surface area (Å²) in [7, 11) is 0. The van der Waals surface area contributed by atoms with Gasteiger partial charge in [0.05, 0.1) is 6.20 Å². The lowest BCUT2D eigenvalue weighted by atomic mass is 10.1. The maximum absolute atomic E-state index is 5.70. The number of aromatic nitrogens is 1. The molecule has 0 bridgehead atoms. The van der Waals surface area contributed by atoms with Crippen LogP contribution in [0.3, 0.4) is 0 Å². The first-order valence-corrected chi connectivity index (χ1v) is 6.41. The Bertz CT molecular complexity index is 508. The van der Waals surface area contributed by atoms with Crippen LogP contribution in [-0.2, 0) is 6.42 Å². The predicted molar refractivity (Wildman–Crippen MR) is 71.8 cm³/mol. The highest BCUT2D eigenvalue weighted by Gasteiger charge is 2.09. The van der Waals surface area contributed by atoms with Crippen LogP contribution in [-0.4, -0.2) is 11.5 Å². The fourth-order valence-electron chi connectivity index (χ4n) is 1.62. The van der Waals surface area contributed by atoms with E-state index in [1.54, 1.807) is 6.20 Å². The first-order chi connectivity index (χ1) is 8.20. The Morgan fingerprint density at radius 2 is 2.24 bits per heavy atom. The van der Waals surface area contributed by atoms with Crippen molar-refractivity contribution in [2.45, 2.75) is 19.8 Å². The van der Waals surface area contributed by atoms with Crippen molar-refractivity contribution in [2.24, 2.45) is 5.73 Å². The molecular weight excluding hydrogens is 280 g/mol. The zero-order valence-corrected chi connectivity index (χ0v) is 11.3. The summed E-state index contributed by atoms with van der Waals surface area (Å²) < 4.78 is 6.72. The summed E-state index contributed by atoms with van der Waals surface area (Å²) in [5.41, 5.74) is 7.70. The number of nitrogens with zero attached hydrogens (tertiary/aromatic N) is 1. The summed E-state index contributed by atoms with van der Waals surface area (Å²) in [6, 6.07) is 6.16. The minimum Gasteiger partial charge on any atom is -0.441 e. The largest absolute Gasteiger partial charge is 0.441 e. The molecule has 2 N–H and O–H groups in total. The maximum atomic E-state index is 5.70. The van der Waals surface area contributed by atoms with Crippen LogP contribution in [0.2, 0.25) is 0 Å². The minimum atomic E-state index is 0.659. The van der Waals surface area contributed by atoms with E-state index in [4.69, 9.17) is 10.2 Å². The van der Waals surface area contributed by atoms with Gasteiger partial charge in [0.25, 0.3) is 0 Å². The molecule has 0 spiro atoms. The molecule has 4 heteroatoms. The van der Waals surface area contributed by atoms with E-state index >= 15 is 0 Å². The number of hydrogen-bond acceptors (Lipinski definition) is 3. The molecule has 0 amide bonds. The highest BCUT2D eigenvalue weighted by Crippen LogP contribution is 2.29. The molecule has 0 aliphatic heterocycles. The standard InChI is InChI=1S/C13H15BrN2O/c1-9-4-5-10(11(14)7-9)12-8-16-13(17-12)3-2-6-15/h4-5,7-8H,2-3,6,15H2,1H3. The van der Waals surface area contributed by atoms with Gasteiger partial charge in [-0.05, 0) is 37.6 Å². The lowest BCUT2D eigenvalue weighted by Crippen LogP contribution is -2.00. The third-order valence-electron chi connectivity index (χ3n) is 2.54. The summed E-state index contributed by atoms with van der Waals surface area (Å²) >= 11 is 3.54. The van der Waals surface area contributed by atoms with E-state index in [-0.39, 0.29) is 0 Å². The molecule has 0 unspecified atom stereocenters. The van der Waals surface area contributed by atoms with Crippen molar-refractivity contribution >= 4 is 15.9 Å². The van der Waals surface area contributed by atoms with Crippen molar-refractivity contribution in [1.82, 2.24) is 4.98 Å². The lowest BCUT2D eigenvalue weighted by molar-refractivity contribution is 0.499. The molecule has 0 saturated heterocycles. The average molecular weight is 295 g/mol. The zero-order chi connectivity index (χ0) is 12.3. The van der Waals surface area contributed by atoms with Crippen LogP contribution >= 0.6 is 15.9 Å². The molecular formula is C13H15BrN2O. The van der Waals surface area contributed by atoms with Crippen LogP contribution in [0.25, 0.3) is 11.3 Å². The van der Waals surface area contributed by atoms with Gasteiger partial charge in [0.1, 0.15) is 0 Å². The van der Waals surface area contributed by atoms with Gasteiger partial charge in [-0.25, -0.2) is 4.98 Å². The van der Waals surface area contributed by atoms with Gasteiger partial charge in [-0.2, -0.15) is 0 Å². The first-order valence-electron chi connectivity index (χ1n) is 5.62. The number of benzene rings is 1. The van der Waals surface area contributed by atoms with Gasteiger partial charge in [-0.15, -0.1) is 0 Å². The van der Waals surface area contributed by atoms with Crippen LogP contribution in [0.1, 0.15) is 17.9 Å². The Morgan fingerprint density at radius 3 is 2.94 bits per heavy atom. The normalized spacial score (nSPS) is 10.8. The van der Waals surface area contributed by atoms with Crippen molar-refractivity contribution in [3.05, 3.63) is 40.3 Å². The van der Waals surface area contributed by atoms with E-state index in [1.807, 2.05) is 6.07 Å². The van der Waals surface area contributed by atoms with Gasteiger partial charge in [-0.3, -0.25) is 0 Å². The summed E-state index contributed by atoms with van der Waals surface area (Å²) in [6.07, 6.45) is 3.45. The number of aryl methyl sites for hydroxylation is 2. The predicted octanol–water partition coefficient (Wildman–Crippen LogP) is 3.30. The Hall–Kier alpha value is -1.13. The molecule has 0 aliphatic carbocycles. The molecule has 0 aliphatic rings. The number of oxazole rings is 1. The van der Waals surface area contributed by atoms with Gasteiger partial charge in [-0.1, -0.05) is 22.0 Å². The molecule has 2 aromatic rings. The summed E-state index contributed by atoms with van der Waals surface area (Å²) in [4.78, 5) is 4.25. The third-order valence-corrected chi connectivity index (χ3v) is 3.19. The molecule has 1 aromatic heterocycles. The lowest BCUT2D eigenvalue weighted by Gasteiger charge is -2.01. The van der Waals surface area contributed by atoms with Crippen LogP contribution in [0.4, 0.5) is 0 Å². The van der Waals surface area contributed by atoms with E-state index in [2.05, 4.69) is 40.0 Å². The smallest absolute Gasteiger partial charge is 0.194 e. The second-order valence-electron chi connectivity index (χ2n) is 3.99. The van der Waals surface area contributed by atoms with Gasteiger partial charge < -0.3 is 10.2 Å². The van der Waals surface area contributed by atoms with Crippen LogP contribution < -0.4 is 5.73 Å². The second-order valence-corrected chi connectivity index (χ2v) is 4.85. The van der Waals surface area contributed by atoms with Gasteiger partial charge in [0.15, 0.2) is 11.7 Å². The van der Waals surface area contributed by atoms with Gasteiger partial charge in [0.2, 0.25) is 0 Å². The van der Waals surface area contributed by atoms with E-state index in [1.165, 1.54) is 5.56 Å². The van der Waals surface area contributed by atoms with E-state index in [0.29, 0.717) is 6.54 Å². The van der Waals surface area contributed by atoms with E-state index < -0.39 is 0 Å². The fraction of sp³-hybridized carbons (Fsp3) is 0.308. The Labute approximate surface area is 109 Å². The van der Waals surface area contributed by atoms with Crippen molar-refractivity contribution in [1.29, 1.82) is 0 Å². The monoisotopic (exact) mass is 294 g/mol. The Kier molecular flexibility index (Phi) is 3.97. The quantitative estimate of drug-likeness (QED) is 0.941. The number of rotatable bonds is 4. The van der Waals surface area contributed by atoms with Crippen LogP contribution in [0, 0.1) is 6.92 Å². The molecule has 1 aromatic carbocycles. The molecule has 0 atom stereocenters. The molecule has 90 valence electrons. The third kappa shape index (κ3) is 2.96. The van der Waals surface area contributed by atoms with Crippen molar-refractivity contribution in [3.63, 3.8) is 0 Å². The minimum absolute atomic E-state index is 0.659. The molecule has 0 saturated carbocycles. The summed E-state index contributed by atoms with van der Waals surface area (Å²) in [5, 5.41) is 0. The van der Waals surface area contributed by atoms with Gasteiger partial charge in [0, 0.05) is 16.5 Å². The van der Waals surface area contributed by atoms with Crippen molar-refractivity contribution in [3.8, 4) is 11.3 Å². The highest BCUT2D eigenvalue weighted by atomic mass is 79.9. The molecule has 0 fully saturated rings. The molecule has 2 rings (SSSR count). The zero-order valence-electron chi connectivity index (χ0n) is 9.74. The number of halogens is 1. The first kappa shape index (κ1) is 12.3. The second kappa shape index (κ2) is 5.47. The summed E-state index contributed by atoms with van der Waals surface area (Å²) in [5.74, 6) is 1.54. The van der Waals surface area contributed by atoms with E-state index in [9.17, 15) is 0 Å². The Balaban J connectivity index is 2.24. The number of nitrogens with two attached hydrogens (primary N) is 1. The highest BCUT2D eigenvalue weighted by molar-refractivity contribution is 9.10. The van der Waals surface area contributed by atoms with E-state index in [0.717, 1.165) is 34.5 Å². The Morgan fingerprint density at radius 1 is 1.41 bits per heavy atom. The van der Waals surface area contributed by atoms with Crippen molar-refractivity contribution in [2.75, 3.05) is 6.54 Å². The number of hydrogen-bond donors (Lipinski definition) is 1. The van der Waals surface area contributed by atoms with Crippen molar-refractivity contribution < 1.29 is 4.42 Å². The van der Waals surface area contributed by atoms with Crippen LogP contribution in [0.15, 0.2) is 33.3 Å². The topological polar surface area (TPSA) is 52.0 Å². The van der Waals surface area contributed by atoms with Crippen LogP contribution in [0.5, 0.6) is 0 Å². The SMILES string of the molecule is Cc1ccc(-c2cnc(CCCN)o2)c(Br)c1. The molecule has 1 heterocycles. The maximum Gasteiger partial charge on any atom is 0.194 e.